The lowest BCUT2D eigenvalue weighted by Gasteiger charge is -2.21. The number of carbonyl (C=O) groups is 4. The summed E-state index contributed by atoms with van der Waals surface area (Å²) in [5.41, 5.74) is 0. The van der Waals surface area contributed by atoms with Crippen LogP contribution in [-0.2, 0) is 65.4 Å². The lowest BCUT2D eigenvalue weighted by atomic mass is 10.0. The van der Waals surface area contributed by atoms with E-state index in [1.54, 1.807) is 0 Å². The lowest BCUT2D eigenvalue weighted by Crippen LogP contribution is -2.30. The van der Waals surface area contributed by atoms with Crippen LogP contribution in [0.25, 0.3) is 0 Å². The van der Waals surface area contributed by atoms with Gasteiger partial charge in [0, 0.05) is 25.7 Å². The molecule has 17 nitrogen and oxygen atoms in total. The summed E-state index contributed by atoms with van der Waals surface area (Å²) in [5.74, 6) is 0.751. The Bertz CT molecular complexity index is 1700. The second-order valence-electron chi connectivity index (χ2n) is 25.8. The summed E-state index contributed by atoms with van der Waals surface area (Å²) in [6, 6.07) is 0. The van der Waals surface area contributed by atoms with E-state index in [0.29, 0.717) is 37.5 Å². The highest BCUT2D eigenvalue weighted by molar-refractivity contribution is 7.47. The standard InChI is InChI=1S/C66H128O17P2/c1-56(2)42-34-26-18-12-10-9-11-13-22-30-38-46-63(68)76-52-62(83-66(71)49-41-33-25-17-21-29-37-45-59(7)8)55-81-85(74,75)79-51-60(67)50-78-84(72,73)80-54-61(53-77-64(69)47-39-31-24-16-20-28-36-44-58(5)6)82-65(70)48-40-32-23-15-14-19-27-35-43-57(3)4/h56-62,67H,9-55H2,1-8H3,(H,72,73)(H,74,75)/t60?,61-,62-/m1/s1. The van der Waals surface area contributed by atoms with E-state index in [1.807, 2.05) is 0 Å². The molecule has 0 rings (SSSR count). The Morgan fingerprint density at radius 3 is 0.729 bits per heavy atom. The number of carbonyl (C=O) groups excluding carboxylic acids is 4. The number of phosphoric acid groups is 2. The number of aliphatic hydroxyl groups excluding tert-OH is 1. The molecule has 85 heavy (non-hydrogen) atoms. The molecular formula is C66H128O17P2. The maximum absolute atomic E-state index is 13.0. The van der Waals surface area contributed by atoms with Crippen molar-refractivity contribution in [2.24, 2.45) is 23.7 Å². The molecule has 0 fully saturated rings. The molecule has 0 amide bonds. The van der Waals surface area contributed by atoms with E-state index in [4.69, 9.17) is 37.0 Å². The number of rotatable bonds is 63. The molecule has 0 saturated heterocycles. The first-order valence-corrected chi connectivity index (χ1v) is 37.2. The fraction of sp³-hybridized carbons (Fsp3) is 0.939. The number of ether oxygens (including phenoxy) is 4. The molecule has 0 aromatic carbocycles. The van der Waals surface area contributed by atoms with Crippen molar-refractivity contribution >= 4 is 39.5 Å². The Kier molecular flexibility index (Phi) is 54.8. The van der Waals surface area contributed by atoms with E-state index in [1.165, 1.54) is 116 Å². The van der Waals surface area contributed by atoms with Gasteiger partial charge in [-0.05, 0) is 49.4 Å². The van der Waals surface area contributed by atoms with E-state index in [2.05, 4.69) is 55.4 Å². The number of aliphatic hydroxyl groups is 1. The molecule has 0 aliphatic carbocycles. The molecule has 0 radical (unpaired) electrons. The maximum Gasteiger partial charge on any atom is 0.472 e. The van der Waals surface area contributed by atoms with Crippen LogP contribution in [0.1, 0.15) is 319 Å². The molecular weight excluding hydrogens is 1130 g/mol. The molecule has 0 aliphatic heterocycles. The van der Waals surface area contributed by atoms with Crippen LogP contribution in [0.15, 0.2) is 0 Å². The van der Waals surface area contributed by atoms with Gasteiger partial charge in [-0.3, -0.25) is 37.3 Å². The third kappa shape index (κ3) is 60.7. The lowest BCUT2D eigenvalue weighted by molar-refractivity contribution is -0.161. The maximum atomic E-state index is 13.0. The van der Waals surface area contributed by atoms with Gasteiger partial charge in [0.25, 0.3) is 0 Å². The average Bonchev–Trinajstić information content (AvgIpc) is 3.64. The summed E-state index contributed by atoms with van der Waals surface area (Å²) in [5, 5.41) is 10.5. The van der Waals surface area contributed by atoms with Gasteiger partial charge in [-0.25, -0.2) is 9.13 Å². The summed E-state index contributed by atoms with van der Waals surface area (Å²) < 4.78 is 68.1. The van der Waals surface area contributed by atoms with Gasteiger partial charge in [0.1, 0.15) is 19.3 Å². The highest BCUT2D eigenvalue weighted by atomic mass is 31.2. The smallest absolute Gasteiger partial charge is 0.462 e. The molecule has 0 aromatic heterocycles. The predicted molar refractivity (Wildman–Crippen MR) is 340 cm³/mol. The van der Waals surface area contributed by atoms with Gasteiger partial charge < -0.3 is 33.8 Å². The fourth-order valence-corrected chi connectivity index (χ4v) is 11.4. The molecule has 0 aliphatic rings. The average molecular weight is 1260 g/mol. The molecule has 3 unspecified atom stereocenters. The first-order chi connectivity index (χ1) is 40.6. The number of hydrogen-bond acceptors (Lipinski definition) is 15. The molecule has 0 spiro atoms. The normalized spacial score (nSPS) is 14.4. The topological polar surface area (TPSA) is 237 Å². The predicted octanol–water partition coefficient (Wildman–Crippen LogP) is 18.1. The Morgan fingerprint density at radius 2 is 0.494 bits per heavy atom. The van der Waals surface area contributed by atoms with E-state index >= 15 is 0 Å². The minimum absolute atomic E-state index is 0.103. The van der Waals surface area contributed by atoms with Crippen LogP contribution in [-0.4, -0.2) is 96.7 Å². The van der Waals surface area contributed by atoms with E-state index < -0.39 is 97.5 Å². The van der Waals surface area contributed by atoms with E-state index in [-0.39, 0.29) is 25.7 Å². The van der Waals surface area contributed by atoms with Crippen LogP contribution in [0.4, 0.5) is 0 Å². The number of phosphoric ester groups is 2. The van der Waals surface area contributed by atoms with Crippen molar-refractivity contribution < 1.29 is 80.2 Å². The first-order valence-electron chi connectivity index (χ1n) is 34.2. The zero-order valence-electron chi connectivity index (χ0n) is 55.2. The third-order valence-electron chi connectivity index (χ3n) is 15.1. The minimum atomic E-state index is -4.95. The molecule has 0 heterocycles. The SMILES string of the molecule is CC(C)CCCCCCCCCCCCCC(=O)OC[C@H](COP(=O)(O)OCC(O)COP(=O)(O)OC[C@@H](COC(=O)CCCCCCCCCC(C)C)OC(=O)CCCCCCCCCCC(C)C)OC(=O)CCCCCCCCCC(C)C. The number of hydrogen-bond donors (Lipinski definition) is 3. The summed E-state index contributed by atoms with van der Waals surface area (Å²) in [7, 11) is -9.89. The zero-order chi connectivity index (χ0) is 63.2. The van der Waals surface area contributed by atoms with Crippen molar-refractivity contribution in [3.05, 3.63) is 0 Å². The summed E-state index contributed by atoms with van der Waals surface area (Å²) in [6.07, 6.45) is 36.4. The Hall–Kier alpha value is -1.94. The Labute approximate surface area is 517 Å². The van der Waals surface area contributed by atoms with Gasteiger partial charge in [-0.2, -0.15) is 0 Å². The van der Waals surface area contributed by atoms with Crippen molar-refractivity contribution in [1.29, 1.82) is 0 Å². The Morgan fingerprint density at radius 1 is 0.294 bits per heavy atom. The van der Waals surface area contributed by atoms with Crippen molar-refractivity contribution in [2.75, 3.05) is 39.6 Å². The highest BCUT2D eigenvalue weighted by Crippen LogP contribution is 2.45. The summed E-state index contributed by atoms with van der Waals surface area (Å²) in [6.45, 7) is 14.0. The fourth-order valence-electron chi connectivity index (χ4n) is 9.78. The molecule has 0 saturated carbocycles. The van der Waals surface area contributed by atoms with E-state index in [0.717, 1.165) is 108 Å². The molecule has 0 bridgehead atoms. The van der Waals surface area contributed by atoms with Gasteiger partial charge >= 0.3 is 39.5 Å². The largest absolute Gasteiger partial charge is 0.472 e. The molecule has 0 aromatic rings. The second-order valence-corrected chi connectivity index (χ2v) is 28.7. The number of esters is 4. The van der Waals surface area contributed by atoms with Crippen LogP contribution in [0, 0.1) is 23.7 Å². The van der Waals surface area contributed by atoms with E-state index in [9.17, 15) is 43.2 Å². The van der Waals surface area contributed by atoms with Gasteiger partial charge in [0.15, 0.2) is 12.2 Å². The van der Waals surface area contributed by atoms with Crippen molar-refractivity contribution in [1.82, 2.24) is 0 Å². The van der Waals surface area contributed by atoms with Crippen LogP contribution < -0.4 is 0 Å². The van der Waals surface area contributed by atoms with Gasteiger partial charge in [0.05, 0.1) is 26.4 Å². The molecule has 3 N–H and O–H groups in total. The quantitative estimate of drug-likeness (QED) is 0.0222. The molecule has 504 valence electrons. The van der Waals surface area contributed by atoms with Gasteiger partial charge in [-0.15, -0.1) is 0 Å². The monoisotopic (exact) mass is 1250 g/mol. The van der Waals surface area contributed by atoms with Crippen molar-refractivity contribution in [3.63, 3.8) is 0 Å². The number of unbranched alkanes of at least 4 members (excludes halogenated alkanes) is 29. The van der Waals surface area contributed by atoms with Gasteiger partial charge in [-0.1, -0.05) is 267 Å². The second kappa shape index (κ2) is 56.1. The van der Waals surface area contributed by atoms with Crippen molar-refractivity contribution in [2.45, 2.75) is 337 Å². The van der Waals surface area contributed by atoms with Crippen LogP contribution >= 0.6 is 15.6 Å². The van der Waals surface area contributed by atoms with Gasteiger partial charge in [0.2, 0.25) is 0 Å². The first kappa shape index (κ1) is 83.1. The van der Waals surface area contributed by atoms with Crippen LogP contribution in [0.2, 0.25) is 0 Å². The van der Waals surface area contributed by atoms with Crippen LogP contribution in [0.5, 0.6) is 0 Å². The summed E-state index contributed by atoms with van der Waals surface area (Å²) >= 11 is 0. The zero-order valence-corrected chi connectivity index (χ0v) is 57.0. The van der Waals surface area contributed by atoms with Crippen molar-refractivity contribution in [3.8, 4) is 0 Å². The third-order valence-corrected chi connectivity index (χ3v) is 17.0. The molecule has 5 atom stereocenters. The Balaban J connectivity index is 5.24. The summed E-state index contributed by atoms with van der Waals surface area (Å²) in [4.78, 5) is 72.3. The minimum Gasteiger partial charge on any atom is -0.462 e. The molecule has 19 heteroatoms. The van der Waals surface area contributed by atoms with Crippen LogP contribution in [0.3, 0.4) is 0 Å². The highest BCUT2D eigenvalue weighted by Gasteiger charge is 2.30.